The van der Waals surface area contributed by atoms with Gasteiger partial charge in [-0.15, -0.1) is 0 Å². The lowest BCUT2D eigenvalue weighted by Gasteiger charge is -2.34. The summed E-state index contributed by atoms with van der Waals surface area (Å²) in [6.45, 7) is 7.92. The van der Waals surface area contributed by atoms with Crippen molar-refractivity contribution in [1.29, 1.82) is 16.2 Å². The number of carbonyl (C=O) groups is 17. The summed E-state index contributed by atoms with van der Waals surface area (Å²) in [5.41, 5.74) is 27.7. The van der Waals surface area contributed by atoms with Crippen LogP contribution in [0, 0.1) is 34.0 Å². The third-order valence-electron chi connectivity index (χ3n) is 18.5. The number of nitrogens with zero attached hydrogens (tertiary/aromatic N) is 2. The lowest BCUT2D eigenvalue weighted by atomic mass is 9.96. The second kappa shape index (κ2) is 52.1. The highest BCUT2D eigenvalue weighted by Crippen LogP contribution is 2.25. The molecule has 642 valence electrons. The molecule has 0 aromatic rings. The number of likely N-dealkylation sites (tertiary alicyclic amines) is 2. The molecule has 0 radical (unpaired) electrons. The maximum atomic E-state index is 14.8. The standard InChI is InChI=1S/C69H121N25O20/c1-7-38(6)55(64(112)89-44(22-24-52(100)101)57(105)83-34-50(97)85-40(17-11-27-79-68(74)75)59(107)87-42(16-8-9-25-70)60(108)88-43(21-23-51(98)99)58(106)84-35-53(102)103)92-63(111)47-20-13-29-93(47)65(113)45(31-36(2)3)90-62(110)46-19-14-30-94(46)66(114)54(37(4)5)91-61(109)41(18-12-28-80-69(76)77)86-49(96)33-81-48(95)32-82-56(104)39(71)15-10-26-78-67(72)73/h36-47,54-55H,7-35,70-71H2,1-6H3,(H,81,95)(H,82,104)(H,83,105)(H,84,106)(H,85,97)(H,86,96)(H,87,107)(H,88,108)(H,89,112)(H,90,110)(H,91,109)(H,92,111)(H,98,99)(H,100,101)(H,102,103)(H4,72,73,78)(H4,74,75,79)(H4,76,77,80)/t38-,39-,40-,41-,42-,43-,44-,45-,46-,47-,54-,55-/m0/s1. The molecule has 31 N–H and O–H groups in total. The summed E-state index contributed by atoms with van der Waals surface area (Å²) in [5, 5.41) is 87.8. The van der Waals surface area contributed by atoms with E-state index in [-0.39, 0.29) is 121 Å². The monoisotopic (exact) mass is 1620 g/mol. The van der Waals surface area contributed by atoms with E-state index >= 15 is 0 Å². The molecule has 0 unspecified atom stereocenters. The van der Waals surface area contributed by atoms with Crippen molar-refractivity contribution >= 4 is 118 Å². The molecule has 2 saturated heterocycles. The topological polar surface area (TPSA) is 739 Å². The Morgan fingerprint density at radius 3 is 1.26 bits per heavy atom. The van der Waals surface area contributed by atoms with Gasteiger partial charge < -0.3 is 134 Å². The Morgan fingerprint density at radius 1 is 0.412 bits per heavy atom. The van der Waals surface area contributed by atoms with Crippen molar-refractivity contribution in [3.05, 3.63) is 0 Å². The van der Waals surface area contributed by atoms with Crippen LogP contribution in [0.5, 0.6) is 0 Å². The molecule has 0 bridgehead atoms. The first-order valence-electron chi connectivity index (χ1n) is 38.2. The quantitative estimate of drug-likeness (QED) is 0.0153. The Labute approximate surface area is 660 Å². The average Bonchev–Trinajstić information content (AvgIpc) is 1.64. The normalized spacial score (nSPS) is 16.3. The van der Waals surface area contributed by atoms with Crippen LogP contribution in [-0.4, -0.2) is 276 Å². The van der Waals surface area contributed by atoms with Gasteiger partial charge in [0, 0.05) is 45.6 Å². The van der Waals surface area contributed by atoms with Gasteiger partial charge in [-0.2, -0.15) is 0 Å². The van der Waals surface area contributed by atoms with Gasteiger partial charge in [-0.25, -0.2) is 0 Å². The second-order valence-corrected chi connectivity index (χ2v) is 28.6. The molecule has 12 atom stereocenters. The SMILES string of the molecule is CC[C@H](C)[C@H](NC(=O)[C@@H]1CCCN1C(=O)[C@H](CC(C)C)NC(=O)[C@@H]1CCCN1C(=O)[C@@H](NC(=O)[C@H](CCCNC(=N)N)NC(=O)CNC(=O)CNC(=O)[C@@H](N)CCCNC(=N)N)C(C)C)C(=O)N[C@@H](CCC(=O)O)C(=O)NCC(=O)N[C@@H](CCCNC(=N)N)C(=O)N[C@@H](CCCCN)C(=O)N[C@@H](CCC(=O)O)C(=O)NCC(=O)O. The van der Waals surface area contributed by atoms with E-state index < -0.39 is 237 Å². The Bertz CT molecular complexity index is 3350. The zero-order chi connectivity index (χ0) is 85.9. The fraction of sp³-hybridized carbons (Fsp3) is 0.710. The van der Waals surface area contributed by atoms with E-state index in [9.17, 15) is 91.7 Å². The number of carbonyl (C=O) groups excluding carboxylic acids is 14. The maximum Gasteiger partial charge on any atom is 0.322 e. The van der Waals surface area contributed by atoms with E-state index in [1.807, 2.05) is 0 Å². The highest BCUT2D eigenvalue weighted by Gasteiger charge is 2.44. The van der Waals surface area contributed by atoms with Gasteiger partial charge >= 0.3 is 17.9 Å². The number of carboxylic acids is 3. The van der Waals surface area contributed by atoms with Crippen LogP contribution in [0.2, 0.25) is 0 Å². The molecule has 2 fully saturated rings. The van der Waals surface area contributed by atoms with Crippen LogP contribution in [0.3, 0.4) is 0 Å². The predicted octanol–water partition coefficient (Wildman–Crippen LogP) is -7.88. The number of unbranched alkanes of at least 4 members (excludes halogenated alkanes) is 1. The molecule has 45 nitrogen and oxygen atoms in total. The van der Waals surface area contributed by atoms with Crippen molar-refractivity contribution in [2.45, 2.75) is 230 Å². The molecule has 114 heavy (non-hydrogen) atoms. The smallest absolute Gasteiger partial charge is 0.322 e. The largest absolute Gasteiger partial charge is 0.481 e. The fourth-order valence-electron chi connectivity index (χ4n) is 12.2. The zero-order valence-electron chi connectivity index (χ0n) is 65.7. The first-order chi connectivity index (χ1) is 53.7. The zero-order valence-corrected chi connectivity index (χ0v) is 65.7. The second-order valence-electron chi connectivity index (χ2n) is 28.6. The predicted molar refractivity (Wildman–Crippen MR) is 410 cm³/mol. The molecule has 0 aromatic heterocycles. The number of guanidine groups is 3. The highest BCUT2D eigenvalue weighted by molar-refractivity contribution is 6.00. The Kier molecular flexibility index (Phi) is 45.2. The Morgan fingerprint density at radius 2 is 0.816 bits per heavy atom. The lowest BCUT2D eigenvalue weighted by molar-refractivity contribution is -0.145. The summed E-state index contributed by atoms with van der Waals surface area (Å²) in [4.78, 5) is 231. The Hall–Kier alpha value is -11.3. The number of carboxylic acid groups (broad SMARTS) is 3. The van der Waals surface area contributed by atoms with Gasteiger partial charge in [-0.3, -0.25) is 97.7 Å². The molecule has 0 aliphatic carbocycles. The molecule has 45 heteroatoms. The van der Waals surface area contributed by atoms with Crippen molar-refractivity contribution in [2.75, 3.05) is 65.4 Å². The summed E-state index contributed by atoms with van der Waals surface area (Å²) < 4.78 is 0. The van der Waals surface area contributed by atoms with Crippen molar-refractivity contribution in [3.63, 3.8) is 0 Å². The molecule has 2 heterocycles. The van der Waals surface area contributed by atoms with Crippen LogP contribution >= 0.6 is 0 Å². The molecule has 14 amide bonds. The molecule has 2 aliphatic heterocycles. The van der Waals surface area contributed by atoms with Crippen molar-refractivity contribution in [2.24, 2.45) is 46.4 Å². The molecule has 2 rings (SSSR count). The van der Waals surface area contributed by atoms with Crippen molar-refractivity contribution in [1.82, 2.24) is 89.6 Å². The molecule has 0 spiro atoms. The van der Waals surface area contributed by atoms with Crippen molar-refractivity contribution in [3.8, 4) is 0 Å². The van der Waals surface area contributed by atoms with E-state index in [1.54, 1.807) is 41.5 Å². The third kappa shape index (κ3) is 37.8. The van der Waals surface area contributed by atoms with Gasteiger partial charge in [0.05, 0.1) is 25.7 Å². The summed E-state index contributed by atoms with van der Waals surface area (Å²) >= 11 is 0. The van der Waals surface area contributed by atoms with Crippen LogP contribution in [0.15, 0.2) is 0 Å². The van der Waals surface area contributed by atoms with E-state index in [2.05, 4.69) is 79.8 Å². The van der Waals surface area contributed by atoms with Crippen LogP contribution in [0.4, 0.5) is 0 Å². The summed E-state index contributed by atoms with van der Waals surface area (Å²) in [7, 11) is 0. The minimum absolute atomic E-state index is 0.00802. The van der Waals surface area contributed by atoms with E-state index in [0.29, 0.717) is 32.2 Å². The van der Waals surface area contributed by atoms with E-state index in [1.165, 1.54) is 9.80 Å². The van der Waals surface area contributed by atoms with E-state index in [0.717, 1.165) is 0 Å². The first-order valence-corrected chi connectivity index (χ1v) is 38.2. The molecular formula is C69H121N25O20. The van der Waals surface area contributed by atoms with Gasteiger partial charge in [0.2, 0.25) is 82.7 Å². The third-order valence-corrected chi connectivity index (χ3v) is 18.5. The highest BCUT2D eigenvalue weighted by atomic mass is 16.4. The number of nitrogens with two attached hydrogens (primary N) is 5. The number of aliphatic carboxylic acids is 3. The molecule has 2 aliphatic rings. The molecule has 0 saturated carbocycles. The van der Waals surface area contributed by atoms with Crippen molar-refractivity contribution < 1.29 is 96.8 Å². The molecular weight excluding hydrogens is 1500 g/mol. The van der Waals surface area contributed by atoms with Gasteiger partial charge in [0.1, 0.15) is 67.0 Å². The van der Waals surface area contributed by atoms with Crippen LogP contribution < -0.4 is 108 Å². The van der Waals surface area contributed by atoms with Gasteiger partial charge in [-0.05, 0) is 127 Å². The summed E-state index contributed by atoms with van der Waals surface area (Å²) in [6, 6.07) is -14.8. The van der Waals surface area contributed by atoms with Gasteiger partial charge in [0.25, 0.3) is 0 Å². The van der Waals surface area contributed by atoms with Gasteiger partial charge in [0.15, 0.2) is 17.9 Å². The van der Waals surface area contributed by atoms with E-state index in [4.69, 9.17) is 50.0 Å². The minimum Gasteiger partial charge on any atom is -0.481 e. The fourth-order valence-corrected chi connectivity index (χ4v) is 12.2. The summed E-state index contributed by atoms with van der Waals surface area (Å²) in [5.74, 6) is -18.6. The van der Waals surface area contributed by atoms with Gasteiger partial charge in [-0.1, -0.05) is 48.0 Å². The molecule has 0 aromatic carbocycles. The lowest BCUT2D eigenvalue weighted by Crippen LogP contribution is -2.61. The van der Waals surface area contributed by atoms with Crippen LogP contribution in [0.25, 0.3) is 0 Å². The number of rotatable bonds is 54. The van der Waals surface area contributed by atoms with Crippen LogP contribution in [-0.2, 0) is 81.5 Å². The minimum atomic E-state index is -1.67. The summed E-state index contributed by atoms with van der Waals surface area (Å²) in [6.07, 6.45) is -0.0747. The first kappa shape index (κ1) is 98.8. The number of hydrogen-bond acceptors (Lipinski definition) is 22. The number of nitrogens with one attached hydrogen (secondary N) is 18. The van der Waals surface area contributed by atoms with Crippen LogP contribution in [0.1, 0.15) is 164 Å². The number of hydrogen-bond donors (Lipinski definition) is 26. The maximum absolute atomic E-state index is 14.8. The Balaban J connectivity index is 2.34. The average molecular weight is 1620 g/mol. The number of amides is 14.